The molecule has 0 saturated carbocycles. The van der Waals surface area contributed by atoms with Crippen LogP contribution in [0.2, 0.25) is 0 Å². The Morgan fingerprint density at radius 2 is 1.96 bits per heavy atom. The van der Waals surface area contributed by atoms with Crippen LogP contribution in [-0.4, -0.2) is 82.1 Å². The van der Waals surface area contributed by atoms with Gasteiger partial charge in [0.05, 0.1) is 30.3 Å². The third kappa shape index (κ3) is 5.69. The van der Waals surface area contributed by atoms with Crippen molar-refractivity contribution in [2.45, 2.75) is 37.4 Å². The zero-order valence-corrected chi connectivity index (χ0v) is 17.0. The van der Waals surface area contributed by atoms with Crippen LogP contribution in [-0.2, 0) is 19.5 Å². The largest absolute Gasteiger partial charge is 0.383 e. The van der Waals surface area contributed by atoms with Gasteiger partial charge in [-0.3, -0.25) is 4.79 Å². The molecule has 1 aliphatic rings. The standard InChI is InChI=1S/C18H26F2N2O5S/c1-13-10-22(11-14(2)27-13)28(24,25)16-6-4-5-15(9-16)18(23)21(7-8-26-3)12-17(19)20/h4-6,9,13-14,17H,7-8,10-12H2,1-3H3. The minimum absolute atomic E-state index is 0.0187. The first-order valence-corrected chi connectivity index (χ1v) is 10.4. The van der Waals surface area contributed by atoms with Gasteiger partial charge in [-0.2, -0.15) is 4.31 Å². The van der Waals surface area contributed by atoms with Gasteiger partial charge in [-0.15, -0.1) is 0 Å². The van der Waals surface area contributed by atoms with Crippen LogP contribution in [0.3, 0.4) is 0 Å². The van der Waals surface area contributed by atoms with Gasteiger partial charge in [-0.1, -0.05) is 6.07 Å². The first-order valence-electron chi connectivity index (χ1n) is 8.97. The van der Waals surface area contributed by atoms with Crippen molar-refractivity contribution in [3.63, 3.8) is 0 Å². The minimum Gasteiger partial charge on any atom is -0.383 e. The van der Waals surface area contributed by atoms with Crippen molar-refractivity contribution in [1.82, 2.24) is 9.21 Å². The molecule has 2 unspecified atom stereocenters. The quantitative estimate of drug-likeness (QED) is 0.642. The van der Waals surface area contributed by atoms with Crippen LogP contribution < -0.4 is 0 Å². The Morgan fingerprint density at radius 3 is 2.54 bits per heavy atom. The number of amides is 1. The molecular weight excluding hydrogens is 394 g/mol. The van der Waals surface area contributed by atoms with Crippen LogP contribution in [0.5, 0.6) is 0 Å². The minimum atomic E-state index is -3.84. The molecule has 1 saturated heterocycles. The SMILES string of the molecule is COCCN(CC(F)F)C(=O)c1cccc(S(=O)(=O)N2CC(C)OC(C)C2)c1. The molecule has 2 atom stereocenters. The van der Waals surface area contributed by atoms with Crippen LogP contribution >= 0.6 is 0 Å². The Balaban J connectivity index is 2.27. The number of sulfonamides is 1. The first kappa shape index (κ1) is 22.7. The van der Waals surface area contributed by atoms with Gasteiger partial charge in [-0.25, -0.2) is 17.2 Å². The number of methoxy groups -OCH3 is 1. The van der Waals surface area contributed by atoms with Crippen molar-refractivity contribution in [2.75, 3.05) is 39.9 Å². The molecule has 0 aliphatic carbocycles. The van der Waals surface area contributed by atoms with Gasteiger partial charge in [0.1, 0.15) is 0 Å². The van der Waals surface area contributed by atoms with E-state index in [-0.39, 0.29) is 48.9 Å². The topological polar surface area (TPSA) is 76.2 Å². The molecule has 1 fully saturated rings. The summed E-state index contributed by atoms with van der Waals surface area (Å²) in [7, 11) is -2.43. The van der Waals surface area contributed by atoms with E-state index in [2.05, 4.69) is 0 Å². The maximum atomic E-state index is 13.0. The van der Waals surface area contributed by atoms with Crippen molar-refractivity contribution in [3.8, 4) is 0 Å². The lowest BCUT2D eigenvalue weighted by Crippen LogP contribution is -2.48. The monoisotopic (exact) mass is 420 g/mol. The molecule has 1 heterocycles. The molecule has 7 nitrogen and oxygen atoms in total. The fourth-order valence-electron chi connectivity index (χ4n) is 3.09. The fourth-order valence-corrected chi connectivity index (χ4v) is 4.73. The number of morpholine rings is 1. The number of ether oxygens (including phenoxy) is 2. The van der Waals surface area contributed by atoms with E-state index in [1.807, 2.05) is 0 Å². The van der Waals surface area contributed by atoms with Crippen LogP contribution in [0.15, 0.2) is 29.2 Å². The number of hydrogen-bond donors (Lipinski definition) is 0. The van der Waals surface area contributed by atoms with E-state index in [1.165, 1.54) is 35.7 Å². The summed E-state index contributed by atoms with van der Waals surface area (Å²) in [5, 5.41) is 0. The highest BCUT2D eigenvalue weighted by Crippen LogP contribution is 2.22. The van der Waals surface area contributed by atoms with Gasteiger partial charge in [0, 0.05) is 32.3 Å². The number of benzene rings is 1. The van der Waals surface area contributed by atoms with E-state index in [0.29, 0.717) is 0 Å². The second-order valence-corrected chi connectivity index (χ2v) is 8.68. The third-order valence-electron chi connectivity index (χ3n) is 4.32. The number of nitrogens with zero attached hydrogens (tertiary/aromatic N) is 2. The van der Waals surface area contributed by atoms with Crippen LogP contribution in [0.4, 0.5) is 8.78 Å². The summed E-state index contributed by atoms with van der Waals surface area (Å²) < 4.78 is 63.4. The highest BCUT2D eigenvalue weighted by Gasteiger charge is 2.32. The molecule has 1 aromatic carbocycles. The Labute approximate surface area is 164 Å². The molecule has 158 valence electrons. The summed E-state index contributed by atoms with van der Waals surface area (Å²) in [4.78, 5) is 13.6. The Kier molecular flexibility index (Phi) is 7.87. The number of carbonyl (C=O) groups is 1. The Morgan fingerprint density at radius 1 is 1.32 bits per heavy atom. The number of carbonyl (C=O) groups excluding carboxylic acids is 1. The number of rotatable bonds is 8. The highest BCUT2D eigenvalue weighted by molar-refractivity contribution is 7.89. The lowest BCUT2D eigenvalue weighted by molar-refractivity contribution is -0.0440. The summed E-state index contributed by atoms with van der Waals surface area (Å²) in [6.45, 7) is 3.31. The summed E-state index contributed by atoms with van der Waals surface area (Å²) in [6, 6.07) is 5.47. The van der Waals surface area contributed by atoms with Gasteiger partial charge in [0.25, 0.3) is 12.3 Å². The summed E-state index contributed by atoms with van der Waals surface area (Å²) in [6.07, 6.45) is -3.21. The van der Waals surface area contributed by atoms with Crippen molar-refractivity contribution >= 4 is 15.9 Å². The first-order chi connectivity index (χ1) is 13.1. The van der Waals surface area contributed by atoms with Crippen molar-refractivity contribution in [2.24, 2.45) is 0 Å². The van der Waals surface area contributed by atoms with Crippen molar-refractivity contribution in [3.05, 3.63) is 29.8 Å². The maximum absolute atomic E-state index is 13.0. The Hall–Kier alpha value is -1.62. The molecule has 2 rings (SSSR count). The molecule has 0 spiro atoms. The molecule has 0 bridgehead atoms. The zero-order valence-electron chi connectivity index (χ0n) is 16.2. The van der Waals surface area contributed by atoms with Crippen LogP contribution in [0.1, 0.15) is 24.2 Å². The average Bonchev–Trinajstić information content (AvgIpc) is 2.63. The highest BCUT2D eigenvalue weighted by atomic mass is 32.2. The van der Waals surface area contributed by atoms with Gasteiger partial charge < -0.3 is 14.4 Å². The smallest absolute Gasteiger partial charge is 0.255 e. The third-order valence-corrected chi connectivity index (χ3v) is 6.14. The molecule has 1 aliphatic heterocycles. The molecule has 0 aromatic heterocycles. The predicted molar refractivity (Wildman–Crippen MR) is 99.0 cm³/mol. The second kappa shape index (κ2) is 9.73. The van der Waals surface area contributed by atoms with E-state index >= 15 is 0 Å². The lowest BCUT2D eigenvalue weighted by Gasteiger charge is -2.34. The number of alkyl halides is 2. The van der Waals surface area contributed by atoms with Crippen molar-refractivity contribution in [1.29, 1.82) is 0 Å². The molecule has 1 amide bonds. The molecule has 0 radical (unpaired) electrons. The van der Waals surface area contributed by atoms with Gasteiger partial charge in [0.15, 0.2) is 0 Å². The Bertz CT molecular complexity index is 765. The zero-order chi connectivity index (χ0) is 20.9. The number of halogens is 2. The molecule has 1 aromatic rings. The summed E-state index contributed by atoms with van der Waals surface area (Å²) >= 11 is 0. The summed E-state index contributed by atoms with van der Waals surface area (Å²) in [5.74, 6) is -0.668. The van der Waals surface area contributed by atoms with E-state index in [9.17, 15) is 22.0 Å². The molecule has 10 heteroatoms. The van der Waals surface area contributed by atoms with Gasteiger partial charge in [-0.05, 0) is 32.0 Å². The molecule has 28 heavy (non-hydrogen) atoms. The maximum Gasteiger partial charge on any atom is 0.255 e. The van der Waals surface area contributed by atoms with Gasteiger partial charge in [0.2, 0.25) is 10.0 Å². The summed E-state index contributed by atoms with van der Waals surface area (Å²) in [5.41, 5.74) is 0.0344. The van der Waals surface area contributed by atoms with Gasteiger partial charge >= 0.3 is 0 Å². The molecule has 0 N–H and O–H groups in total. The van der Waals surface area contributed by atoms with Crippen LogP contribution in [0, 0.1) is 0 Å². The predicted octanol–water partition coefficient (Wildman–Crippen LogP) is 1.84. The number of hydrogen-bond acceptors (Lipinski definition) is 5. The lowest BCUT2D eigenvalue weighted by atomic mass is 10.2. The van der Waals surface area contributed by atoms with Crippen LogP contribution in [0.25, 0.3) is 0 Å². The second-order valence-electron chi connectivity index (χ2n) is 6.74. The van der Waals surface area contributed by atoms with Crippen molar-refractivity contribution < 1.29 is 31.5 Å². The van der Waals surface area contributed by atoms with E-state index in [0.717, 1.165) is 4.90 Å². The van der Waals surface area contributed by atoms with E-state index < -0.39 is 28.9 Å². The molecular formula is C18H26F2N2O5S. The van der Waals surface area contributed by atoms with E-state index in [1.54, 1.807) is 13.8 Å². The van der Waals surface area contributed by atoms with E-state index in [4.69, 9.17) is 9.47 Å². The normalized spacial score (nSPS) is 21.1. The average molecular weight is 420 g/mol. The fraction of sp³-hybridized carbons (Fsp3) is 0.611.